The highest BCUT2D eigenvalue weighted by atomic mass is 32.2. The molecule has 2 aromatic rings. The molecule has 0 aromatic heterocycles. The van der Waals surface area contributed by atoms with Crippen LogP contribution in [0.25, 0.3) is 0 Å². The number of urea groups is 1. The van der Waals surface area contributed by atoms with Gasteiger partial charge in [-0.15, -0.1) is 0 Å². The predicted molar refractivity (Wildman–Crippen MR) is 107 cm³/mol. The summed E-state index contributed by atoms with van der Waals surface area (Å²) in [6.07, 6.45) is 1.08. The van der Waals surface area contributed by atoms with Crippen LogP contribution in [0.5, 0.6) is 0 Å². The van der Waals surface area contributed by atoms with Gasteiger partial charge in [-0.2, -0.15) is 0 Å². The first kappa shape index (κ1) is 19.9. The van der Waals surface area contributed by atoms with Gasteiger partial charge in [0.05, 0.1) is 17.6 Å². The third-order valence-corrected chi connectivity index (χ3v) is 5.09. The number of carbonyl (C=O) groups excluding carboxylic acids is 1. The van der Waals surface area contributed by atoms with Gasteiger partial charge in [-0.05, 0) is 23.8 Å². The molecule has 0 unspecified atom stereocenters. The number of sulfonamides is 1. The number of nitrogens with zero attached hydrogens (tertiary/aromatic N) is 2. The SMILES string of the molecule is CS(=O)(=O)Nc1ccccc1CNC(=O)N1CCN(c2ccccc2F)CC1. The molecule has 3 rings (SSSR count). The maximum atomic E-state index is 13.9. The van der Waals surface area contributed by atoms with E-state index < -0.39 is 10.0 Å². The minimum atomic E-state index is -3.40. The van der Waals surface area contributed by atoms with E-state index in [1.165, 1.54) is 6.07 Å². The van der Waals surface area contributed by atoms with Crippen LogP contribution in [-0.4, -0.2) is 51.8 Å². The van der Waals surface area contributed by atoms with Crippen molar-refractivity contribution in [3.8, 4) is 0 Å². The molecule has 1 aliphatic heterocycles. The average molecular weight is 406 g/mol. The monoisotopic (exact) mass is 406 g/mol. The second-order valence-corrected chi connectivity index (χ2v) is 8.36. The van der Waals surface area contributed by atoms with Gasteiger partial charge in [0.15, 0.2) is 0 Å². The van der Waals surface area contributed by atoms with Gasteiger partial charge in [0, 0.05) is 32.7 Å². The number of para-hydroxylation sites is 2. The van der Waals surface area contributed by atoms with Gasteiger partial charge in [0.25, 0.3) is 0 Å². The Bertz CT molecular complexity index is 944. The Morgan fingerprint density at radius 3 is 2.36 bits per heavy atom. The van der Waals surface area contributed by atoms with Gasteiger partial charge < -0.3 is 15.1 Å². The molecule has 2 aromatic carbocycles. The highest BCUT2D eigenvalue weighted by molar-refractivity contribution is 7.92. The lowest BCUT2D eigenvalue weighted by molar-refractivity contribution is 0.194. The second kappa shape index (κ2) is 8.47. The zero-order chi connectivity index (χ0) is 20.1. The van der Waals surface area contributed by atoms with Gasteiger partial charge in [-0.3, -0.25) is 4.72 Å². The predicted octanol–water partition coefficient (Wildman–Crippen LogP) is 2.23. The topological polar surface area (TPSA) is 81.8 Å². The maximum Gasteiger partial charge on any atom is 0.317 e. The molecule has 2 amide bonds. The summed E-state index contributed by atoms with van der Waals surface area (Å²) in [6.45, 7) is 2.24. The number of nitrogens with one attached hydrogen (secondary N) is 2. The Morgan fingerprint density at radius 2 is 1.68 bits per heavy atom. The number of rotatable bonds is 5. The van der Waals surface area contributed by atoms with Crippen LogP contribution in [-0.2, 0) is 16.6 Å². The quantitative estimate of drug-likeness (QED) is 0.798. The zero-order valence-corrected chi connectivity index (χ0v) is 16.4. The summed E-state index contributed by atoms with van der Waals surface area (Å²) >= 11 is 0. The number of anilines is 2. The van der Waals surface area contributed by atoms with Crippen LogP contribution < -0.4 is 14.9 Å². The Hall–Kier alpha value is -2.81. The number of piperazine rings is 1. The summed E-state index contributed by atoms with van der Waals surface area (Å²) in [6, 6.07) is 13.3. The van der Waals surface area contributed by atoms with Gasteiger partial charge in [0.2, 0.25) is 10.0 Å². The smallest absolute Gasteiger partial charge is 0.317 e. The van der Waals surface area contributed by atoms with Crippen molar-refractivity contribution in [2.24, 2.45) is 0 Å². The van der Waals surface area contributed by atoms with Crippen LogP contribution in [0.1, 0.15) is 5.56 Å². The molecule has 1 fully saturated rings. The third kappa shape index (κ3) is 5.13. The van der Waals surface area contributed by atoms with Gasteiger partial charge in [-0.1, -0.05) is 30.3 Å². The van der Waals surface area contributed by atoms with Crippen molar-refractivity contribution in [1.29, 1.82) is 0 Å². The standard InChI is InChI=1S/C19H23FN4O3S/c1-28(26,27)22-17-8-4-2-6-15(17)14-21-19(25)24-12-10-23(11-13-24)18-9-5-3-7-16(18)20/h2-9,22H,10-14H2,1H3,(H,21,25). The number of hydrogen-bond donors (Lipinski definition) is 2. The molecule has 150 valence electrons. The first-order chi connectivity index (χ1) is 13.3. The minimum Gasteiger partial charge on any atom is -0.366 e. The average Bonchev–Trinajstić information content (AvgIpc) is 2.66. The van der Waals surface area contributed by atoms with E-state index in [-0.39, 0.29) is 18.4 Å². The number of benzene rings is 2. The fourth-order valence-corrected chi connectivity index (χ4v) is 3.71. The third-order valence-electron chi connectivity index (χ3n) is 4.50. The lowest BCUT2D eigenvalue weighted by Gasteiger charge is -2.36. The Balaban J connectivity index is 1.55. The van der Waals surface area contributed by atoms with E-state index in [0.29, 0.717) is 43.1 Å². The molecule has 0 saturated carbocycles. The second-order valence-electron chi connectivity index (χ2n) is 6.62. The van der Waals surface area contributed by atoms with E-state index in [1.807, 2.05) is 4.90 Å². The van der Waals surface area contributed by atoms with Crippen molar-refractivity contribution >= 4 is 27.4 Å². The normalized spacial score (nSPS) is 14.6. The first-order valence-electron chi connectivity index (χ1n) is 8.91. The van der Waals surface area contributed by atoms with Crippen LogP contribution >= 0.6 is 0 Å². The molecule has 1 aliphatic rings. The van der Waals surface area contributed by atoms with E-state index in [2.05, 4.69) is 10.0 Å². The van der Waals surface area contributed by atoms with E-state index in [1.54, 1.807) is 47.4 Å². The summed E-state index contributed by atoms with van der Waals surface area (Å²) in [5.74, 6) is -0.268. The lowest BCUT2D eigenvalue weighted by Crippen LogP contribution is -2.51. The molecular formula is C19H23FN4O3S. The largest absolute Gasteiger partial charge is 0.366 e. The summed E-state index contributed by atoms with van der Waals surface area (Å²) in [5.41, 5.74) is 1.66. The Morgan fingerprint density at radius 1 is 1.04 bits per heavy atom. The Labute approximate surface area is 164 Å². The van der Waals surface area contributed by atoms with Gasteiger partial charge >= 0.3 is 6.03 Å². The molecule has 0 atom stereocenters. The molecule has 9 heteroatoms. The van der Waals surface area contributed by atoms with Crippen molar-refractivity contribution in [3.63, 3.8) is 0 Å². The van der Waals surface area contributed by atoms with Crippen molar-refractivity contribution in [1.82, 2.24) is 10.2 Å². The molecule has 1 heterocycles. The van der Waals surface area contributed by atoms with Gasteiger partial charge in [0.1, 0.15) is 5.82 Å². The summed E-state index contributed by atoms with van der Waals surface area (Å²) < 4.78 is 39.3. The van der Waals surface area contributed by atoms with Crippen molar-refractivity contribution in [3.05, 3.63) is 59.9 Å². The van der Waals surface area contributed by atoms with E-state index >= 15 is 0 Å². The number of amides is 2. The van der Waals surface area contributed by atoms with Gasteiger partial charge in [-0.25, -0.2) is 17.6 Å². The van der Waals surface area contributed by atoms with Crippen LogP contribution in [0.3, 0.4) is 0 Å². The first-order valence-corrected chi connectivity index (χ1v) is 10.8. The Kier molecular flexibility index (Phi) is 6.03. The van der Waals surface area contributed by atoms with E-state index in [9.17, 15) is 17.6 Å². The van der Waals surface area contributed by atoms with E-state index in [4.69, 9.17) is 0 Å². The molecule has 1 saturated heterocycles. The molecule has 7 nitrogen and oxygen atoms in total. The summed E-state index contributed by atoms with van der Waals surface area (Å²) in [7, 11) is -3.40. The molecule has 0 spiro atoms. The molecule has 28 heavy (non-hydrogen) atoms. The highest BCUT2D eigenvalue weighted by Gasteiger charge is 2.22. The fourth-order valence-electron chi connectivity index (χ4n) is 3.12. The van der Waals surface area contributed by atoms with Crippen LogP contribution in [0.2, 0.25) is 0 Å². The maximum absolute atomic E-state index is 13.9. The minimum absolute atomic E-state index is 0.199. The van der Waals surface area contributed by atoms with Crippen LogP contribution in [0, 0.1) is 5.82 Å². The number of hydrogen-bond acceptors (Lipinski definition) is 4. The number of halogens is 1. The summed E-state index contributed by atoms with van der Waals surface area (Å²) in [4.78, 5) is 16.1. The van der Waals surface area contributed by atoms with Crippen molar-refractivity contribution in [2.75, 3.05) is 42.1 Å². The van der Waals surface area contributed by atoms with Crippen LogP contribution in [0.15, 0.2) is 48.5 Å². The van der Waals surface area contributed by atoms with Crippen molar-refractivity contribution < 1.29 is 17.6 Å². The number of carbonyl (C=O) groups is 1. The molecule has 0 aliphatic carbocycles. The summed E-state index contributed by atoms with van der Waals surface area (Å²) in [5, 5.41) is 2.82. The molecule has 0 bridgehead atoms. The van der Waals surface area contributed by atoms with Crippen LogP contribution in [0.4, 0.5) is 20.6 Å². The molecular weight excluding hydrogens is 383 g/mol. The molecule has 2 N–H and O–H groups in total. The molecule has 0 radical (unpaired) electrons. The van der Waals surface area contributed by atoms with E-state index in [0.717, 1.165) is 6.26 Å². The zero-order valence-electron chi connectivity index (χ0n) is 15.6. The highest BCUT2D eigenvalue weighted by Crippen LogP contribution is 2.20. The lowest BCUT2D eigenvalue weighted by atomic mass is 10.2. The van der Waals surface area contributed by atoms with Crippen molar-refractivity contribution in [2.45, 2.75) is 6.54 Å². The fraction of sp³-hybridized carbons (Fsp3) is 0.316.